The predicted molar refractivity (Wildman–Crippen MR) is 76.2 cm³/mol. The van der Waals surface area contributed by atoms with Gasteiger partial charge in [-0.15, -0.1) is 0 Å². The van der Waals surface area contributed by atoms with Gasteiger partial charge in [0.25, 0.3) is 0 Å². The maximum Gasteiger partial charge on any atom is 0.128 e. The summed E-state index contributed by atoms with van der Waals surface area (Å²) in [5.74, 6) is 5.56. The molecular formula is C16H21FO3. The van der Waals surface area contributed by atoms with Crippen LogP contribution in [0.2, 0.25) is 0 Å². The highest BCUT2D eigenvalue weighted by atomic mass is 19.1. The average Bonchev–Trinajstić information content (AvgIpc) is 2.33. The van der Waals surface area contributed by atoms with Crippen molar-refractivity contribution >= 4 is 0 Å². The number of aliphatic hydroxyl groups is 1. The minimum absolute atomic E-state index is 0.00415. The Morgan fingerprint density at radius 3 is 2.60 bits per heavy atom. The lowest BCUT2D eigenvalue weighted by Gasteiger charge is -2.19. The van der Waals surface area contributed by atoms with Crippen LogP contribution >= 0.6 is 0 Å². The first-order chi connectivity index (χ1) is 9.40. The zero-order chi connectivity index (χ0) is 15.0. The van der Waals surface area contributed by atoms with Gasteiger partial charge >= 0.3 is 0 Å². The number of rotatable bonds is 5. The van der Waals surface area contributed by atoms with Crippen LogP contribution in [0.3, 0.4) is 0 Å². The Labute approximate surface area is 119 Å². The molecule has 1 N–H and O–H groups in total. The van der Waals surface area contributed by atoms with Crippen LogP contribution < -0.4 is 4.74 Å². The number of halogens is 1. The van der Waals surface area contributed by atoms with Crippen molar-refractivity contribution in [1.29, 1.82) is 0 Å². The first-order valence-electron chi connectivity index (χ1n) is 6.58. The van der Waals surface area contributed by atoms with Crippen molar-refractivity contribution in [1.82, 2.24) is 0 Å². The molecule has 1 aromatic carbocycles. The molecule has 0 unspecified atom stereocenters. The Morgan fingerprint density at radius 2 is 1.95 bits per heavy atom. The molecule has 0 atom stereocenters. The molecule has 0 saturated heterocycles. The van der Waals surface area contributed by atoms with E-state index >= 15 is 0 Å². The average molecular weight is 280 g/mol. The van der Waals surface area contributed by atoms with Gasteiger partial charge in [0.15, 0.2) is 0 Å². The molecule has 1 aromatic rings. The van der Waals surface area contributed by atoms with Crippen molar-refractivity contribution in [3.05, 3.63) is 29.6 Å². The van der Waals surface area contributed by atoms with E-state index in [1.54, 1.807) is 6.07 Å². The number of aliphatic hydroxyl groups excluding tert-OH is 1. The van der Waals surface area contributed by atoms with Crippen LogP contribution in [-0.2, 0) is 4.74 Å². The highest BCUT2D eigenvalue weighted by molar-refractivity contribution is 5.40. The SMILES string of the molecule is CC(C)(C)OCCOc1cc(F)cc(C#CCCO)c1. The van der Waals surface area contributed by atoms with E-state index in [1.807, 2.05) is 20.8 Å². The Balaban J connectivity index is 2.56. The molecule has 4 heteroatoms. The lowest BCUT2D eigenvalue weighted by atomic mass is 10.2. The minimum Gasteiger partial charge on any atom is -0.491 e. The lowest BCUT2D eigenvalue weighted by Crippen LogP contribution is -2.22. The number of hydrogen-bond donors (Lipinski definition) is 1. The van der Waals surface area contributed by atoms with Crippen LogP contribution in [0.25, 0.3) is 0 Å². The molecule has 0 radical (unpaired) electrons. The van der Waals surface area contributed by atoms with Crippen molar-refractivity contribution < 1.29 is 19.0 Å². The molecular weight excluding hydrogens is 259 g/mol. The summed E-state index contributed by atoms with van der Waals surface area (Å²) in [7, 11) is 0. The normalized spacial score (nSPS) is 10.8. The third-order valence-electron chi connectivity index (χ3n) is 2.23. The second-order valence-electron chi connectivity index (χ2n) is 5.26. The van der Waals surface area contributed by atoms with Crippen LogP contribution in [0.15, 0.2) is 18.2 Å². The summed E-state index contributed by atoms with van der Waals surface area (Å²) < 4.78 is 24.4. The van der Waals surface area contributed by atoms with Gasteiger partial charge in [-0.3, -0.25) is 0 Å². The molecule has 0 bridgehead atoms. The van der Waals surface area contributed by atoms with Gasteiger partial charge in [0.1, 0.15) is 18.2 Å². The summed E-state index contributed by atoms with van der Waals surface area (Å²) in [5, 5.41) is 8.65. The van der Waals surface area contributed by atoms with Crippen LogP contribution in [0.4, 0.5) is 4.39 Å². The molecule has 0 amide bonds. The summed E-state index contributed by atoms with van der Waals surface area (Å²) in [6.07, 6.45) is 0.367. The standard InChI is InChI=1S/C16H21FO3/c1-16(2,3)20-9-8-19-15-11-13(6-4-5-7-18)10-14(17)12-15/h10-12,18H,5,7-9H2,1-3H3. The summed E-state index contributed by atoms with van der Waals surface area (Å²) in [4.78, 5) is 0. The zero-order valence-corrected chi connectivity index (χ0v) is 12.2. The van der Waals surface area contributed by atoms with Gasteiger partial charge in [0, 0.05) is 18.1 Å². The smallest absolute Gasteiger partial charge is 0.128 e. The third-order valence-corrected chi connectivity index (χ3v) is 2.23. The van der Waals surface area contributed by atoms with Gasteiger partial charge in [-0.1, -0.05) is 11.8 Å². The minimum atomic E-state index is -0.396. The van der Waals surface area contributed by atoms with Crippen molar-refractivity contribution in [3.63, 3.8) is 0 Å². The Kier molecular flexibility index (Phi) is 6.50. The van der Waals surface area contributed by atoms with Crippen LogP contribution in [0.1, 0.15) is 32.8 Å². The highest BCUT2D eigenvalue weighted by Gasteiger charge is 2.09. The molecule has 20 heavy (non-hydrogen) atoms. The zero-order valence-electron chi connectivity index (χ0n) is 12.2. The molecule has 0 saturated carbocycles. The molecule has 0 aliphatic carbocycles. The Bertz CT molecular complexity index is 481. The van der Waals surface area contributed by atoms with Gasteiger partial charge in [-0.05, 0) is 32.9 Å². The first kappa shape index (κ1) is 16.5. The molecule has 0 spiro atoms. The molecule has 3 nitrogen and oxygen atoms in total. The molecule has 1 rings (SSSR count). The maximum atomic E-state index is 13.4. The lowest BCUT2D eigenvalue weighted by molar-refractivity contribution is -0.0163. The summed E-state index contributed by atoms with van der Waals surface area (Å²) in [6.45, 7) is 6.67. The van der Waals surface area contributed by atoms with E-state index < -0.39 is 5.82 Å². The molecule has 110 valence electrons. The molecule has 0 aromatic heterocycles. The number of benzene rings is 1. The fourth-order valence-corrected chi connectivity index (χ4v) is 1.45. The van der Waals surface area contributed by atoms with Crippen molar-refractivity contribution in [2.24, 2.45) is 0 Å². The predicted octanol–water partition coefficient (Wildman–Crippen LogP) is 2.75. The summed E-state index contributed by atoms with van der Waals surface area (Å²) >= 11 is 0. The van der Waals surface area contributed by atoms with E-state index in [9.17, 15) is 4.39 Å². The monoisotopic (exact) mass is 280 g/mol. The van der Waals surface area contributed by atoms with E-state index in [0.29, 0.717) is 30.9 Å². The van der Waals surface area contributed by atoms with E-state index in [4.69, 9.17) is 14.6 Å². The van der Waals surface area contributed by atoms with Gasteiger partial charge in [0.2, 0.25) is 0 Å². The van der Waals surface area contributed by atoms with Crippen molar-refractivity contribution in [2.75, 3.05) is 19.8 Å². The van der Waals surface area contributed by atoms with E-state index in [1.165, 1.54) is 12.1 Å². The fraction of sp³-hybridized carbons (Fsp3) is 0.500. The molecule has 0 aliphatic heterocycles. The van der Waals surface area contributed by atoms with E-state index in [2.05, 4.69) is 11.8 Å². The maximum absolute atomic E-state index is 13.4. The van der Waals surface area contributed by atoms with Crippen LogP contribution in [-0.4, -0.2) is 30.5 Å². The van der Waals surface area contributed by atoms with Crippen molar-refractivity contribution in [2.45, 2.75) is 32.8 Å². The van der Waals surface area contributed by atoms with Gasteiger partial charge < -0.3 is 14.6 Å². The van der Waals surface area contributed by atoms with E-state index in [-0.39, 0.29) is 12.2 Å². The Morgan fingerprint density at radius 1 is 1.20 bits per heavy atom. The highest BCUT2D eigenvalue weighted by Crippen LogP contribution is 2.16. The first-order valence-corrected chi connectivity index (χ1v) is 6.58. The van der Waals surface area contributed by atoms with Gasteiger partial charge in [-0.25, -0.2) is 4.39 Å². The quantitative estimate of drug-likeness (QED) is 0.666. The molecule has 0 heterocycles. The summed E-state index contributed by atoms with van der Waals surface area (Å²) in [6, 6.07) is 4.32. The second-order valence-corrected chi connectivity index (χ2v) is 5.26. The van der Waals surface area contributed by atoms with E-state index in [0.717, 1.165) is 0 Å². The van der Waals surface area contributed by atoms with Crippen molar-refractivity contribution in [3.8, 4) is 17.6 Å². The van der Waals surface area contributed by atoms with Crippen LogP contribution in [0, 0.1) is 17.7 Å². The van der Waals surface area contributed by atoms with Crippen LogP contribution in [0.5, 0.6) is 5.75 Å². The number of hydrogen-bond acceptors (Lipinski definition) is 3. The molecule has 0 aliphatic rings. The summed E-state index contributed by atoms with van der Waals surface area (Å²) in [5.41, 5.74) is 0.317. The topological polar surface area (TPSA) is 38.7 Å². The fourth-order valence-electron chi connectivity index (χ4n) is 1.45. The largest absolute Gasteiger partial charge is 0.491 e. The number of ether oxygens (including phenoxy) is 2. The molecule has 0 fully saturated rings. The second kappa shape index (κ2) is 7.88. The third kappa shape index (κ3) is 7.13. The van der Waals surface area contributed by atoms with Gasteiger partial charge in [-0.2, -0.15) is 0 Å². The Hall–Kier alpha value is -1.57. The van der Waals surface area contributed by atoms with Gasteiger partial charge in [0.05, 0.1) is 18.8 Å².